The molecule has 0 atom stereocenters. The van der Waals surface area contributed by atoms with Gasteiger partial charge in [-0.05, 0) is 46.1 Å². The lowest BCUT2D eigenvalue weighted by Crippen LogP contribution is -1.76. The van der Waals surface area contributed by atoms with Crippen LogP contribution in [-0.2, 0) is 0 Å². The van der Waals surface area contributed by atoms with E-state index >= 15 is 0 Å². The lowest BCUT2D eigenvalue weighted by molar-refractivity contribution is 0.942. The minimum absolute atomic E-state index is 1.04. The normalized spacial score (nSPS) is 11.5. The highest BCUT2D eigenvalue weighted by atomic mass is 13.9. The zero-order valence-corrected chi connectivity index (χ0v) is 8.20. The standard InChI is InChI=1S/C11H19/c1-5-7-11(4)9-6-8-10(2)3/h8H,5-6,9H2,1-4H3. The number of allylic oxidation sites excluding steroid dienone is 4. The molecule has 0 spiro atoms. The van der Waals surface area contributed by atoms with Crippen molar-refractivity contribution < 1.29 is 0 Å². The maximum atomic E-state index is 3.31. The maximum Gasteiger partial charge on any atom is -0.0282 e. The highest BCUT2D eigenvalue weighted by Gasteiger charge is 1.86. The van der Waals surface area contributed by atoms with Crippen molar-refractivity contribution in [3.8, 4) is 0 Å². The second kappa shape index (κ2) is 6.21. The molecule has 0 heteroatoms. The zero-order valence-electron chi connectivity index (χ0n) is 8.20. The van der Waals surface area contributed by atoms with E-state index in [1.54, 1.807) is 0 Å². The third-order valence-electron chi connectivity index (χ3n) is 1.55. The summed E-state index contributed by atoms with van der Waals surface area (Å²) in [6, 6.07) is 0. The summed E-state index contributed by atoms with van der Waals surface area (Å²) in [7, 11) is 0. The van der Waals surface area contributed by atoms with Crippen LogP contribution in [0, 0.1) is 6.08 Å². The smallest absolute Gasteiger partial charge is 0.0282 e. The Kier molecular flexibility index (Phi) is 5.91. The van der Waals surface area contributed by atoms with Crippen molar-refractivity contribution in [3.05, 3.63) is 23.3 Å². The Morgan fingerprint density at radius 2 is 1.91 bits per heavy atom. The Morgan fingerprint density at radius 3 is 2.36 bits per heavy atom. The molecule has 0 rings (SSSR count). The second-order valence-corrected chi connectivity index (χ2v) is 3.13. The number of hydrogen-bond acceptors (Lipinski definition) is 0. The summed E-state index contributed by atoms with van der Waals surface area (Å²) in [4.78, 5) is 0. The predicted octanol–water partition coefficient (Wildman–Crippen LogP) is 3.89. The van der Waals surface area contributed by atoms with Crippen molar-refractivity contribution >= 4 is 0 Å². The van der Waals surface area contributed by atoms with Crippen LogP contribution in [0.5, 0.6) is 0 Å². The van der Waals surface area contributed by atoms with E-state index in [0.29, 0.717) is 0 Å². The molecule has 1 radical (unpaired) electrons. The first kappa shape index (κ1) is 10.5. The molecule has 0 saturated heterocycles. The van der Waals surface area contributed by atoms with E-state index < -0.39 is 0 Å². The van der Waals surface area contributed by atoms with Gasteiger partial charge in [-0.15, -0.1) is 0 Å². The predicted molar refractivity (Wildman–Crippen MR) is 51.4 cm³/mol. The molecular weight excluding hydrogens is 132 g/mol. The lowest BCUT2D eigenvalue weighted by atomic mass is 10.1. The summed E-state index contributed by atoms with van der Waals surface area (Å²) in [6.07, 6.45) is 8.96. The minimum Gasteiger partial charge on any atom is -0.0856 e. The van der Waals surface area contributed by atoms with Gasteiger partial charge in [0.15, 0.2) is 0 Å². The highest BCUT2D eigenvalue weighted by Crippen LogP contribution is 2.06. The SMILES string of the molecule is CC[C]=C(C)CCC=C(C)C. The Hall–Kier alpha value is -0.520. The Balaban J connectivity index is 3.54. The molecule has 0 heterocycles. The third kappa shape index (κ3) is 7.38. The topological polar surface area (TPSA) is 0 Å². The molecule has 0 N–H and O–H groups in total. The van der Waals surface area contributed by atoms with E-state index in [-0.39, 0.29) is 0 Å². The van der Waals surface area contributed by atoms with Gasteiger partial charge < -0.3 is 0 Å². The molecular formula is C11H19. The van der Waals surface area contributed by atoms with Gasteiger partial charge in [0.05, 0.1) is 0 Å². The maximum absolute atomic E-state index is 3.31. The van der Waals surface area contributed by atoms with Gasteiger partial charge in [-0.1, -0.05) is 24.1 Å². The van der Waals surface area contributed by atoms with Crippen molar-refractivity contribution in [1.29, 1.82) is 0 Å². The summed E-state index contributed by atoms with van der Waals surface area (Å²) in [5, 5.41) is 0. The van der Waals surface area contributed by atoms with Crippen molar-refractivity contribution in [2.24, 2.45) is 0 Å². The van der Waals surface area contributed by atoms with Gasteiger partial charge >= 0.3 is 0 Å². The van der Waals surface area contributed by atoms with Crippen molar-refractivity contribution in [1.82, 2.24) is 0 Å². The average Bonchev–Trinajstić information content (AvgIpc) is 1.87. The van der Waals surface area contributed by atoms with E-state index in [9.17, 15) is 0 Å². The molecule has 0 aliphatic heterocycles. The highest BCUT2D eigenvalue weighted by molar-refractivity contribution is 4.98. The quantitative estimate of drug-likeness (QED) is 0.535. The summed E-state index contributed by atoms with van der Waals surface area (Å²) in [5.74, 6) is 0. The first-order valence-electron chi connectivity index (χ1n) is 4.36. The monoisotopic (exact) mass is 151 g/mol. The molecule has 0 saturated carbocycles. The summed E-state index contributed by atoms with van der Waals surface area (Å²) in [5.41, 5.74) is 2.80. The second-order valence-electron chi connectivity index (χ2n) is 3.13. The van der Waals surface area contributed by atoms with Gasteiger partial charge in [0.1, 0.15) is 0 Å². The number of rotatable bonds is 4. The Bertz CT molecular complexity index is 145. The van der Waals surface area contributed by atoms with Crippen molar-refractivity contribution in [3.63, 3.8) is 0 Å². The van der Waals surface area contributed by atoms with Crippen LogP contribution in [0.2, 0.25) is 0 Å². The van der Waals surface area contributed by atoms with E-state index in [2.05, 4.69) is 39.8 Å². The molecule has 0 aliphatic carbocycles. The van der Waals surface area contributed by atoms with Crippen LogP contribution in [0.1, 0.15) is 47.0 Å². The fourth-order valence-corrected chi connectivity index (χ4v) is 0.968. The van der Waals surface area contributed by atoms with E-state index in [1.165, 1.54) is 24.0 Å². The molecule has 11 heavy (non-hydrogen) atoms. The molecule has 0 nitrogen and oxygen atoms in total. The van der Waals surface area contributed by atoms with Crippen molar-refractivity contribution in [2.75, 3.05) is 0 Å². The van der Waals surface area contributed by atoms with Gasteiger partial charge in [-0.2, -0.15) is 0 Å². The molecule has 0 aromatic carbocycles. The lowest BCUT2D eigenvalue weighted by Gasteiger charge is -1.96. The fraction of sp³-hybridized carbons (Fsp3) is 0.636. The molecule has 0 aromatic rings. The summed E-state index contributed by atoms with van der Waals surface area (Å²) in [6.45, 7) is 8.57. The van der Waals surface area contributed by atoms with Gasteiger partial charge in [0.25, 0.3) is 0 Å². The van der Waals surface area contributed by atoms with Crippen LogP contribution < -0.4 is 0 Å². The largest absolute Gasteiger partial charge is 0.0856 e. The fourth-order valence-electron chi connectivity index (χ4n) is 0.968. The molecule has 0 bridgehead atoms. The van der Waals surface area contributed by atoms with Crippen LogP contribution in [0.4, 0.5) is 0 Å². The van der Waals surface area contributed by atoms with E-state index in [1.807, 2.05) is 0 Å². The molecule has 63 valence electrons. The third-order valence-corrected chi connectivity index (χ3v) is 1.55. The molecule has 0 aromatic heterocycles. The van der Waals surface area contributed by atoms with Crippen LogP contribution in [0.3, 0.4) is 0 Å². The van der Waals surface area contributed by atoms with E-state index in [0.717, 1.165) is 6.42 Å². The van der Waals surface area contributed by atoms with Gasteiger partial charge in [-0.25, -0.2) is 0 Å². The van der Waals surface area contributed by atoms with Crippen LogP contribution in [0.25, 0.3) is 0 Å². The molecule has 0 aliphatic rings. The Labute approximate surface area is 71.0 Å². The molecule has 0 unspecified atom stereocenters. The first-order chi connectivity index (χ1) is 5.16. The Morgan fingerprint density at radius 1 is 1.27 bits per heavy atom. The first-order valence-corrected chi connectivity index (χ1v) is 4.36. The van der Waals surface area contributed by atoms with Crippen molar-refractivity contribution in [2.45, 2.75) is 47.0 Å². The summed E-state index contributed by atoms with van der Waals surface area (Å²) >= 11 is 0. The minimum atomic E-state index is 1.04. The average molecular weight is 151 g/mol. The van der Waals surface area contributed by atoms with E-state index in [4.69, 9.17) is 0 Å². The number of hydrogen-bond donors (Lipinski definition) is 0. The van der Waals surface area contributed by atoms with Gasteiger partial charge in [0.2, 0.25) is 0 Å². The van der Waals surface area contributed by atoms with Crippen LogP contribution >= 0.6 is 0 Å². The zero-order chi connectivity index (χ0) is 8.69. The molecule has 0 amide bonds. The van der Waals surface area contributed by atoms with Gasteiger partial charge in [0, 0.05) is 0 Å². The van der Waals surface area contributed by atoms with Crippen LogP contribution in [0.15, 0.2) is 17.2 Å². The summed E-state index contributed by atoms with van der Waals surface area (Å²) < 4.78 is 0. The van der Waals surface area contributed by atoms with Gasteiger partial charge in [-0.3, -0.25) is 0 Å². The van der Waals surface area contributed by atoms with Crippen LogP contribution in [-0.4, -0.2) is 0 Å². The molecule has 0 fully saturated rings.